The van der Waals surface area contributed by atoms with E-state index < -0.39 is 17.2 Å². The van der Waals surface area contributed by atoms with Gasteiger partial charge in [-0.1, -0.05) is 18.2 Å². The van der Waals surface area contributed by atoms with Gasteiger partial charge in [-0.05, 0) is 37.2 Å². The number of nitrogens with two attached hydrogens (primary N) is 1. The fourth-order valence-electron chi connectivity index (χ4n) is 3.87. The topological polar surface area (TPSA) is 121 Å². The summed E-state index contributed by atoms with van der Waals surface area (Å²) < 4.78 is 13.4. The molecule has 2 atom stereocenters. The minimum Gasteiger partial charge on any atom is -0.399 e. The van der Waals surface area contributed by atoms with Crippen molar-refractivity contribution < 1.29 is 9.50 Å². The predicted octanol–water partition coefficient (Wildman–Crippen LogP) is 2.18. The maximum Gasteiger partial charge on any atom is 0.191 e. The Morgan fingerprint density at radius 2 is 1.82 bits per heavy atom. The molecule has 0 aromatic heterocycles. The summed E-state index contributed by atoms with van der Waals surface area (Å²) in [4.78, 5) is 2.06. The van der Waals surface area contributed by atoms with Crippen molar-refractivity contribution in [3.8, 4) is 18.2 Å². The molecular formula is C21H22FN5O. The lowest BCUT2D eigenvalue weighted by atomic mass is 9.58. The van der Waals surface area contributed by atoms with Gasteiger partial charge >= 0.3 is 0 Å². The highest BCUT2D eigenvalue weighted by molar-refractivity contribution is 5.59. The molecule has 0 bridgehead atoms. The van der Waals surface area contributed by atoms with E-state index in [1.165, 1.54) is 12.1 Å². The van der Waals surface area contributed by atoms with E-state index in [9.17, 15) is 20.2 Å². The molecule has 6 nitrogen and oxygen atoms in total. The number of aliphatic hydroxyl groups is 1. The summed E-state index contributed by atoms with van der Waals surface area (Å²) in [5.41, 5.74) is 6.15. The quantitative estimate of drug-likeness (QED) is 0.771. The number of hydrogen-bond acceptors (Lipinski definition) is 6. The standard InChI is InChI=1S/C19H16FN5.C2H6O/c1-25-7-6-14-15(8-21)18(24)19(10-22,11-23)17(16(14)9-25)12-2-4-13(20)5-3-12;1-2-3/h2-6,16-17H,7,9,24H2,1H3;3H,2H2,1H3/t16-,17?;/m0./s1. The Morgan fingerprint density at radius 1 is 1.25 bits per heavy atom. The number of halogens is 1. The van der Waals surface area contributed by atoms with Gasteiger partial charge in [0.25, 0.3) is 0 Å². The molecular weight excluding hydrogens is 357 g/mol. The number of fused-ring (bicyclic) bond motifs is 1. The molecule has 2 aliphatic rings. The summed E-state index contributed by atoms with van der Waals surface area (Å²) in [6.07, 6.45) is 1.93. The predicted molar refractivity (Wildman–Crippen MR) is 101 cm³/mol. The second-order valence-electron chi connectivity index (χ2n) is 6.76. The fourth-order valence-corrected chi connectivity index (χ4v) is 3.87. The fraction of sp³-hybridized carbons (Fsp3) is 0.381. The molecule has 1 aliphatic heterocycles. The smallest absolute Gasteiger partial charge is 0.191 e. The van der Waals surface area contributed by atoms with Crippen molar-refractivity contribution in [3.05, 3.63) is 58.6 Å². The molecule has 1 aromatic rings. The van der Waals surface area contributed by atoms with Crippen LogP contribution in [0.1, 0.15) is 18.4 Å². The molecule has 0 amide bonds. The van der Waals surface area contributed by atoms with Gasteiger partial charge in [0, 0.05) is 31.5 Å². The summed E-state index contributed by atoms with van der Waals surface area (Å²) in [5, 5.41) is 36.9. The first-order valence-corrected chi connectivity index (χ1v) is 8.88. The van der Waals surface area contributed by atoms with E-state index in [0.717, 1.165) is 5.57 Å². The van der Waals surface area contributed by atoms with Crippen LogP contribution in [-0.2, 0) is 0 Å². The van der Waals surface area contributed by atoms with Crippen LogP contribution in [0.15, 0.2) is 47.2 Å². The number of aliphatic hydroxyl groups excluding tert-OH is 1. The van der Waals surface area contributed by atoms with Gasteiger partial charge in [-0.15, -0.1) is 0 Å². The molecule has 7 heteroatoms. The lowest BCUT2D eigenvalue weighted by Crippen LogP contribution is -2.47. The molecule has 144 valence electrons. The Kier molecular flexibility index (Phi) is 6.54. The molecule has 0 saturated carbocycles. The van der Waals surface area contributed by atoms with Crippen LogP contribution in [0.5, 0.6) is 0 Å². The average molecular weight is 379 g/mol. The summed E-state index contributed by atoms with van der Waals surface area (Å²) in [7, 11) is 1.93. The van der Waals surface area contributed by atoms with Crippen LogP contribution in [0.4, 0.5) is 4.39 Å². The van der Waals surface area contributed by atoms with Gasteiger partial charge in [0.05, 0.1) is 23.4 Å². The van der Waals surface area contributed by atoms with E-state index in [0.29, 0.717) is 18.7 Å². The Bertz CT molecular complexity index is 900. The second kappa shape index (κ2) is 8.67. The van der Waals surface area contributed by atoms with Crippen molar-refractivity contribution in [2.24, 2.45) is 17.1 Å². The van der Waals surface area contributed by atoms with Crippen LogP contribution in [0.2, 0.25) is 0 Å². The van der Waals surface area contributed by atoms with Crippen molar-refractivity contribution in [2.75, 3.05) is 26.7 Å². The van der Waals surface area contributed by atoms with Crippen LogP contribution in [0.25, 0.3) is 0 Å². The summed E-state index contributed by atoms with van der Waals surface area (Å²) in [6.45, 7) is 3.17. The number of benzene rings is 1. The monoisotopic (exact) mass is 379 g/mol. The van der Waals surface area contributed by atoms with E-state index in [4.69, 9.17) is 10.8 Å². The zero-order chi connectivity index (χ0) is 20.9. The van der Waals surface area contributed by atoms with Crippen molar-refractivity contribution in [1.82, 2.24) is 4.90 Å². The third kappa shape index (κ3) is 3.49. The van der Waals surface area contributed by atoms with Gasteiger partial charge < -0.3 is 15.7 Å². The zero-order valence-corrected chi connectivity index (χ0v) is 15.9. The molecule has 1 heterocycles. The number of nitrogens with zero attached hydrogens (tertiary/aromatic N) is 4. The molecule has 0 radical (unpaired) electrons. The van der Waals surface area contributed by atoms with Crippen LogP contribution in [0.3, 0.4) is 0 Å². The SMILES string of the molecule is CCO.CN1CC=C2C(C#N)=C(N)C(C#N)(C#N)C(c3ccc(F)cc3)[C@H]2C1. The lowest BCUT2D eigenvalue weighted by molar-refractivity contribution is 0.237. The highest BCUT2D eigenvalue weighted by Gasteiger charge is 2.54. The summed E-state index contributed by atoms with van der Waals surface area (Å²) >= 11 is 0. The van der Waals surface area contributed by atoms with Gasteiger partial charge in [-0.3, -0.25) is 0 Å². The van der Waals surface area contributed by atoms with Gasteiger partial charge in [0.2, 0.25) is 0 Å². The molecule has 1 aliphatic carbocycles. The Labute approximate surface area is 164 Å². The van der Waals surface area contributed by atoms with Gasteiger partial charge in [-0.2, -0.15) is 15.8 Å². The first-order chi connectivity index (χ1) is 13.4. The summed E-state index contributed by atoms with van der Waals surface area (Å²) in [5.74, 6) is -1.21. The maximum atomic E-state index is 13.4. The van der Waals surface area contributed by atoms with Crippen LogP contribution in [0, 0.1) is 51.1 Å². The maximum absolute atomic E-state index is 13.4. The van der Waals surface area contributed by atoms with Crippen molar-refractivity contribution in [2.45, 2.75) is 12.8 Å². The Morgan fingerprint density at radius 3 is 2.32 bits per heavy atom. The number of rotatable bonds is 1. The summed E-state index contributed by atoms with van der Waals surface area (Å²) in [6, 6.07) is 12.0. The molecule has 28 heavy (non-hydrogen) atoms. The highest BCUT2D eigenvalue weighted by atomic mass is 19.1. The second-order valence-corrected chi connectivity index (χ2v) is 6.76. The largest absolute Gasteiger partial charge is 0.399 e. The number of nitriles is 3. The molecule has 1 aromatic carbocycles. The molecule has 3 rings (SSSR count). The number of likely N-dealkylation sites (N-methyl/N-ethyl adjacent to an activating group) is 1. The number of allylic oxidation sites excluding steroid dienone is 2. The average Bonchev–Trinajstić information content (AvgIpc) is 2.69. The molecule has 3 N–H and O–H groups in total. The van der Waals surface area contributed by atoms with E-state index in [1.54, 1.807) is 19.1 Å². The van der Waals surface area contributed by atoms with Crippen molar-refractivity contribution >= 4 is 0 Å². The van der Waals surface area contributed by atoms with Crippen LogP contribution >= 0.6 is 0 Å². The van der Waals surface area contributed by atoms with E-state index in [-0.39, 0.29) is 23.8 Å². The first-order valence-electron chi connectivity index (χ1n) is 8.88. The zero-order valence-electron chi connectivity index (χ0n) is 15.9. The van der Waals surface area contributed by atoms with E-state index in [1.807, 2.05) is 13.1 Å². The van der Waals surface area contributed by atoms with E-state index in [2.05, 4.69) is 23.1 Å². The van der Waals surface area contributed by atoms with Gasteiger partial charge in [0.1, 0.15) is 11.9 Å². The Hall–Kier alpha value is -3.18. The van der Waals surface area contributed by atoms with Crippen LogP contribution in [-0.4, -0.2) is 36.8 Å². The minimum atomic E-state index is -1.66. The third-order valence-electron chi connectivity index (χ3n) is 5.08. The minimum absolute atomic E-state index is 0.0126. The highest BCUT2D eigenvalue weighted by Crippen LogP contribution is 2.53. The molecule has 0 fully saturated rings. The number of hydrogen-bond donors (Lipinski definition) is 2. The van der Waals surface area contributed by atoms with E-state index >= 15 is 0 Å². The first kappa shape index (κ1) is 21.1. The third-order valence-corrected chi connectivity index (χ3v) is 5.08. The van der Waals surface area contributed by atoms with Crippen LogP contribution < -0.4 is 5.73 Å². The molecule has 1 unspecified atom stereocenters. The normalized spacial score (nSPS) is 23.1. The van der Waals surface area contributed by atoms with Gasteiger partial charge in [-0.25, -0.2) is 4.39 Å². The van der Waals surface area contributed by atoms with Gasteiger partial charge in [0.15, 0.2) is 5.41 Å². The molecule has 0 saturated heterocycles. The lowest BCUT2D eigenvalue weighted by Gasteiger charge is -2.45. The van der Waals surface area contributed by atoms with Crippen molar-refractivity contribution in [1.29, 1.82) is 15.8 Å². The van der Waals surface area contributed by atoms with Crippen molar-refractivity contribution in [3.63, 3.8) is 0 Å². The molecule has 0 spiro atoms. The Balaban J connectivity index is 0.000000878.